The molecule has 0 unspecified atom stereocenters. The normalized spacial score (nSPS) is 13.1. The zero-order chi connectivity index (χ0) is 20.9. The van der Waals surface area contributed by atoms with Crippen LogP contribution in [0.2, 0.25) is 0 Å². The molecule has 0 radical (unpaired) electrons. The third-order valence-corrected chi connectivity index (χ3v) is 6.45. The molecule has 0 saturated heterocycles. The lowest BCUT2D eigenvalue weighted by Gasteiger charge is -2.11. The number of amides is 2. The van der Waals surface area contributed by atoms with Crippen LogP contribution in [0.3, 0.4) is 0 Å². The third-order valence-electron chi connectivity index (χ3n) is 5.22. The minimum Gasteiger partial charge on any atom is -0.497 e. The van der Waals surface area contributed by atoms with Gasteiger partial charge >= 0.3 is 0 Å². The van der Waals surface area contributed by atoms with Gasteiger partial charge in [-0.25, -0.2) is 0 Å². The molecule has 0 atom stereocenters. The van der Waals surface area contributed by atoms with Crippen molar-refractivity contribution >= 4 is 34.5 Å². The van der Waals surface area contributed by atoms with E-state index in [1.54, 1.807) is 48.8 Å². The second-order valence-corrected chi connectivity index (χ2v) is 8.44. The van der Waals surface area contributed by atoms with E-state index in [9.17, 15) is 9.59 Å². The molecule has 30 heavy (non-hydrogen) atoms. The molecular formula is C24H24N2O3S. The van der Waals surface area contributed by atoms with Crippen molar-refractivity contribution < 1.29 is 14.3 Å². The molecule has 3 aromatic rings. The Morgan fingerprint density at radius 2 is 1.73 bits per heavy atom. The van der Waals surface area contributed by atoms with Gasteiger partial charge in [-0.3, -0.25) is 9.59 Å². The van der Waals surface area contributed by atoms with Gasteiger partial charge in [0, 0.05) is 16.6 Å². The second-order valence-electron chi connectivity index (χ2n) is 7.31. The molecule has 5 nitrogen and oxygen atoms in total. The number of thiophene rings is 1. The minimum atomic E-state index is -0.291. The maximum atomic E-state index is 12.9. The van der Waals surface area contributed by atoms with Crippen molar-refractivity contribution in [1.82, 2.24) is 0 Å². The SMILES string of the molecule is COc1cccc(NC(=O)c2ccccc2NC(=O)c2cc3c(s2)CCCCC3)c1. The van der Waals surface area contributed by atoms with Crippen LogP contribution in [0.1, 0.15) is 49.7 Å². The zero-order valence-corrected chi connectivity index (χ0v) is 17.7. The van der Waals surface area contributed by atoms with Gasteiger partial charge in [0.25, 0.3) is 11.8 Å². The number of rotatable bonds is 5. The highest BCUT2D eigenvalue weighted by atomic mass is 32.1. The van der Waals surface area contributed by atoms with Crippen LogP contribution in [0.5, 0.6) is 5.75 Å². The molecule has 4 rings (SSSR count). The van der Waals surface area contributed by atoms with E-state index < -0.39 is 0 Å². The number of hydrogen-bond donors (Lipinski definition) is 2. The average molecular weight is 421 g/mol. The van der Waals surface area contributed by atoms with Gasteiger partial charge in [0.2, 0.25) is 0 Å². The van der Waals surface area contributed by atoms with Gasteiger partial charge in [-0.15, -0.1) is 11.3 Å². The van der Waals surface area contributed by atoms with E-state index in [0.29, 0.717) is 27.6 Å². The first kappa shape index (κ1) is 20.2. The maximum absolute atomic E-state index is 12.9. The van der Waals surface area contributed by atoms with E-state index in [-0.39, 0.29) is 11.8 Å². The summed E-state index contributed by atoms with van der Waals surface area (Å²) in [6.07, 6.45) is 5.70. The zero-order valence-electron chi connectivity index (χ0n) is 16.9. The fourth-order valence-electron chi connectivity index (χ4n) is 3.65. The Kier molecular flexibility index (Phi) is 6.14. The predicted octanol–water partition coefficient (Wildman–Crippen LogP) is 5.53. The summed E-state index contributed by atoms with van der Waals surface area (Å²) in [5.74, 6) is 0.197. The molecule has 2 amide bonds. The van der Waals surface area contributed by atoms with Gasteiger partial charge in [-0.2, -0.15) is 0 Å². The number of ether oxygens (including phenoxy) is 1. The molecule has 1 aromatic heterocycles. The molecule has 0 aliphatic heterocycles. The molecular weight excluding hydrogens is 396 g/mol. The first-order chi connectivity index (χ1) is 14.6. The Morgan fingerprint density at radius 1 is 0.900 bits per heavy atom. The number of anilines is 2. The van der Waals surface area contributed by atoms with Gasteiger partial charge in [0.15, 0.2) is 0 Å². The molecule has 0 spiro atoms. The van der Waals surface area contributed by atoms with Crippen LogP contribution in [0.4, 0.5) is 11.4 Å². The Bertz CT molecular complexity index is 1050. The lowest BCUT2D eigenvalue weighted by atomic mass is 10.1. The van der Waals surface area contributed by atoms with Crippen molar-refractivity contribution in [3.05, 3.63) is 75.5 Å². The van der Waals surface area contributed by atoms with E-state index in [2.05, 4.69) is 10.6 Å². The van der Waals surface area contributed by atoms with E-state index in [4.69, 9.17) is 4.74 Å². The molecule has 2 N–H and O–H groups in total. The summed E-state index contributed by atoms with van der Waals surface area (Å²) in [5, 5.41) is 5.79. The van der Waals surface area contributed by atoms with E-state index in [1.165, 1.54) is 29.7 Å². The Morgan fingerprint density at radius 3 is 2.60 bits per heavy atom. The quantitative estimate of drug-likeness (QED) is 0.533. The van der Waals surface area contributed by atoms with Crippen molar-refractivity contribution in [2.24, 2.45) is 0 Å². The van der Waals surface area contributed by atoms with Crippen LogP contribution >= 0.6 is 11.3 Å². The van der Waals surface area contributed by atoms with Crippen LogP contribution in [0, 0.1) is 0 Å². The molecule has 6 heteroatoms. The van der Waals surface area contributed by atoms with Gasteiger partial charge < -0.3 is 15.4 Å². The number of carbonyl (C=O) groups excluding carboxylic acids is 2. The number of benzene rings is 2. The minimum absolute atomic E-state index is 0.172. The van der Waals surface area contributed by atoms with Crippen molar-refractivity contribution in [3.63, 3.8) is 0 Å². The summed E-state index contributed by atoms with van der Waals surface area (Å²) >= 11 is 1.57. The van der Waals surface area contributed by atoms with Crippen LogP contribution in [-0.4, -0.2) is 18.9 Å². The second kappa shape index (κ2) is 9.13. The first-order valence-corrected chi connectivity index (χ1v) is 10.9. The number of fused-ring (bicyclic) bond motifs is 1. The number of methoxy groups -OCH3 is 1. The predicted molar refractivity (Wildman–Crippen MR) is 121 cm³/mol. The van der Waals surface area contributed by atoms with Crippen molar-refractivity contribution in [3.8, 4) is 5.75 Å². The van der Waals surface area contributed by atoms with Crippen LogP contribution in [0.15, 0.2) is 54.6 Å². The Labute approximate surface area is 180 Å². The lowest BCUT2D eigenvalue weighted by Crippen LogP contribution is -2.17. The lowest BCUT2D eigenvalue weighted by molar-refractivity contribution is 0.102. The number of aryl methyl sites for hydroxylation is 2. The summed E-state index contributed by atoms with van der Waals surface area (Å²) in [5.41, 5.74) is 2.83. The molecule has 1 aliphatic rings. The largest absolute Gasteiger partial charge is 0.497 e. The molecule has 0 fully saturated rings. The summed E-state index contributed by atoms with van der Waals surface area (Å²) in [6.45, 7) is 0. The van der Waals surface area contributed by atoms with Crippen molar-refractivity contribution in [2.75, 3.05) is 17.7 Å². The Balaban J connectivity index is 1.51. The smallest absolute Gasteiger partial charge is 0.265 e. The standard InChI is InChI=1S/C24H24N2O3S/c1-29-18-10-7-9-17(15-18)25-23(27)19-11-5-6-12-20(19)26-24(28)22-14-16-8-3-2-4-13-21(16)30-22/h5-7,9-12,14-15H,2-4,8,13H2,1H3,(H,25,27)(H,26,28). The summed E-state index contributed by atoms with van der Waals surface area (Å²) in [6, 6.07) is 16.2. The van der Waals surface area contributed by atoms with Gasteiger partial charge in [-0.1, -0.05) is 24.6 Å². The fourth-order valence-corrected chi connectivity index (χ4v) is 4.80. The van der Waals surface area contributed by atoms with E-state index in [1.807, 2.05) is 24.3 Å². The topological polar surface area (TPSA) is 67.4 Å². The number of nitrogens with one attached hydrogen (secondary N) is 2. The number of carbonyl (C=O) groups is 2. The third kappa shape index (κ3) is 4.54. The molecule has 2 aromatic carbocycles. The average Bonchev–Trinajstić information content (AvgIpc) is 3.05. The summed E-state index contributed by atoms with van der Waals surface area (Å²) in [4.78, 5) is 27.8. The molecule has 154 valence electrons. The van der Waals surface area contributed by atoms with E-state index >= 15 is 0 Å². The highest BCUT2D eigenvalue weighted by Crippen LogP contribution is 2.30. The van der Waals surface area contributed by atoms with Crippen LogP contribution in [-0.2, 0) is 12.8 Å². The molecule has 0 bridgehead atoms. The van der Waals surface area contributed by atoms with Gasteiger partial charge in [0.1, 0.15) is 5.75 Å². The first-order valence-electron chi connectivity index (χ1n) is 10.1. The van der Waals surface area contributed by atoms with Gasteiger partial charge in [0.05, 0.1) is 23.2 Å². The highest BCUT2D eigenvalue weighted by Gasteiger charge is 2.19. The van der Waals surface area contributed by atoms with Crippen molar-refractivity contribution in [1.29, 1.82) is 0 Å². The van der Waals surface area contributed by atoms with Crippen molar-refractivity contribution in [2.45, 2.75) is 32.1 Å². The summed E-state index contributed by atoms with van der Waals surface area (Å²) in [7, 11) is 1.58. The van der Waals surface area contributed by atoms with E-state index in [0.717, 1.165) is 12.8 Å². The van der Waals surface area contributed by atoms with Crippen LogP contribution in [0.25, 0.3) is 0 Å². The maximum Gasteiger partial charge on any atom is 0.265 e. The summed E-state index contributed by atoms with van der Waals surface area (Å²) < 4.78 is 5.20. The number of hydrogen-bond acceptors (Lipinski definition) is 4. The fraction of sp³-hybridized carbons (Fsp3) is 0.250. The number of para-hydroxylation sites is 1. The highest BCUT2D eigenvalue weighted by molar-refractivity contribution is 7.14. The van der Waals surface area contributed by atoms with Gasteiger partial charge in [-0.05, 0) is 61.6 Å². The monoisotopic (exact) mass is 420 g/mol. The molecule has 0 saturated carbocycles. The van der Waals surface area contributed by atoms with Crippen LogP contribution < -0.4 is 15.4 Å². The Hall–Kier alpha value is -3.12. The molecule has 1 heterocycles. The molecule has 1 aliphatic carbocycles.